The summed E-state index contributed by atoms with van der Waals surface area (Å²) in [6, 6.07) is 0.525. The molecule has 26 heavy (non-hydrogen) atoms. The van der Waals surface area contributed by atoms with Crippen LogP contribution in [0.2, 0.25) is 0 Å². The summed E-state index contributed by atoms with van der Waals surface area (Å²) in [7, 11) is 0. The maximum absolute atomic E-state index is 4.75. The molecule has 0 aliphatic heterocycles. The predicted molar refractivity (Wildman–Crippen MR) is 109 cm³/mol. The normalized spacial score (nSPS) is 16.0. The Hall–Kier alpha value is -2.43. The highest BCUT2D eigenvalue weighted by Gasteiger charge is 2.22. The molecule has 0 N–H and O–H groups in total. The van der Waals surface area contributed by atoms with Gasteiger partial charge in [-0.25, -0.2) is 15.0 Å². The minimum absolute atomic E-state index is 0.525. The first-order valence-corrected chi connectivity index (χ1v) is 9.58. The van der Waals surface area contributed by atoms with Crippen LogP contribution in [0.5, 0.6) is 0 Å². The Labute approximate surface area is 156 Å². The van der Waals surface area contributed by atoms with Gasteiger partial charge in [-0.05, 0) is 39.2 Å². The largest absolute Gasteiger partial charge is 0.351 e. The lowest BCUT2D eigenvalue weighted by Gasteiger charge is -2.23. The molecule has 1 saturated carbocycles. The van der Waals surface area contributed by atoms with Crippen LogP contribution in [0.1, 0.15) is 51.4 Å². The molecule has 0 saturated heterocycles. The molecule has 2 aromatic rings. The Morgan fingerprint density at radius 2 is 2.12 bits per heavy atom. The molecule has 0 atom stereocenters. The molecule has 0 amide bonds. The summed E-state index contributed by atoms with van der Waals surface area (Å²) < 4.78 is 2.26. The van der Waals surface area contributed by atoms with Gasteiger partial charge in [0.1, 0.15) is 5.82 Å². The van der Waals surface area contributed by atoms with E-state index in [0.717, 1.165) is 35.9 Å². The van der Waals surface area contributed by atoms with Gasteiger partial charge in [0.05, 0.1) is 6.33 Å². The summed E-state index contributed by atoms with van der Waals surface area (Å²) >= 11 is 0. The second-order valence-corrected chi connectivity index (χ2v) is 6.85. The lowest BCUT2D eigenvalue weighted by atomic mass is 10.2. The second kappa shape index (κ2) is 8.30. The fourth-order valence-electron chi connectivity index (χ4n) is 3.76. The molecule has 0 unspecified atom stereocenters. The van der Waals surface area contributed by atoms with Gasteiger partial charge in [0.2, 0.25) is 0 Å². The first-order valence-electron chi connectivity index (χ1n) is 9.58. The van der Waals surface area contributed by atoms with Crippen molar-refractivity contribution in [2.45, 2.75) is 52.5 Å². The van der Waals surface area contributed by atoms with E-state index in [1.807, 2.05) is 32.3 Å². The molecule has 2 aromatic heterocycles. The van der Waals surface area contributed by atoms with Gasteiger partial charge in [-0.1, -0.05) is 43.7 Å². The molecule has 0 bridgehead atoms. The summed E-state index contributed by atoms with van der Waals surface area (Å²) in [4.78, 5) is 16.4. The van der Waals surface area contributed by atoms with E-state index in [2.05, 4.69) is 35.1 Å². The molecule has 138 valence electrons. The summed E-state index contributed by atoms with van der Waals surface area (Å²) in [5, 5.41) is 0. The van der Waals surface area contributed by atoms with Crippen LogP contribution in [0.25, 0.3) is 11.2 Å². The van der Waals surface area contributed by atoms with Gasteiger partial charge >= 0.3 is 0 Å². The minimum atomic E-state index is 0.525. The third-order valence-electron chi connectivity index (χ3n) is 5.00. The fourth-order valence-corrected chi connectivity index (χ4v) is 3.76. The standard InChI is InChI=1S/C21H29N5/c1-5-10-17(11-6-2)14-25(7-3)20-19-21(24-16(4)23-20)26(15-22-19)18-12-8-9-13-18/h5-6,10-11,15,18H,1,7-9,12-14H2,2-4H3/b11-6-,17-10+. The van der Waals surface area contributed by atoms with E-state index in [0.29, 0.717) is 6.04 Å². The number of fused-ring (bicyclic) bond motifs is 1. The molecule has 1 aliphatic carbocycles. The molecule has 0 radical (unpaired) electrons. The molecule has 1 fully saturated rings. The van der Waals surface area contributed by atoms with Crippen LogP contribution in [0.15, 0.2) is 42.8 Å². The van der Waals surface area contributed by atoms with Crippen molar-refractivity contribution >= 4 is 17.0 Å². The Morgan fingerprint density at radius 3 is 2.77 bits per heavy atom. The van der Waals surface area contributed by atoms with Crippen molar-refractivity contribution in [3.8, 4) is 0 Å². The van der Waals surface area contributed by atoms with E-state index >= 15 is 0 Å². The average molecular weight is 351 g/mol. The first-order chi connectivity index (χ1) is 12.7. The van der Waals surface area contributed by atoms with Gasteiger partial charge < -0.3 is 9.47 Å². The number of imidazole rings is 1. The van der Waals surface area contributed by atoms with Gasteiger partial charge in [0.25, 0.3) is 0 Å². The van der Waals surface area contributed by atoms with E-state index in [-0.39, 0.29) is 0 Å². The molecule has 1 aliphatic rings. The van der Waals surface area contributed by atoms with E-state index in [1.165, 1.54) is 31.3 Å². The molecular formula is C21H29N5. The van der Waals surface area contributed by atoms with Crippen molar-refractivity contribution in [2.24, 2.45) is 0 Å². The number of likely N-dealkylation sites (N-methyl/N-ethyl adjacent to an activating group) is 1. The number of hydrogen-bond acceptors (Lipinski definition) is 4. The highest BCUT2D eigenvalue weighted by Crippen LogP contribution is 2.33. The summed E-state index contributed by atoms with van der Waals surface area (Å²) in [5.41, 5.74) is 3.07. The van der Waals surface area contributed by atoms with Crippen LogP contribution in [-0.4, -0.2) is 32.6 Å². The molecule has 0 aromatic carbocycles. The van der Waals surface area contributed by atoms with Crippen LogP contribution in [-0.2, 0) is 0 Å². The Bertz CT molecular complexity index is 824. The van der Waals surface area contributed by atoms with Crippen LogP contribution in [0.4, 0.5) is 5.82 Å². The van der Waals surface area contributed by atoms with Crippen LogP contribution >= 0.6 is 0 Å². The SMILES string of the molecule is C=C/C=C(\C=C/C)CN(CC)c1nc(C)nc2c1ncn2C1CCCC1. The third kappa shape index (κ3) is 3.71. The van der Waals surface area contributed by atoms with Crippen molar-refractivity contribution < 1.29 is 0 Å². The number of nitrogens with zero attached hydrogens (tertiary/aromatic N) is 5. The van der Waals surface area contributed by atoms with Crippen LogP contribution in [0, 0.1) is 6.92 Å². The van der Waals surface area contributed by atoms with Crippen molar-refractivity contribution in [3.05, 3.63) is 48.6 Å². The number of allylic oxidation sites excluding steroid dienone is 3. The van der Waals surface area contributed by atoms with Crippen molar-refractivity contribution in [3.63, 3.8) is 0 Å². The van der Waals surface area contributed by atoms with E-state index in [9.17, 15) is 0 Å². The predicted octanol–water partition coefficient (Wildman–Crippen LogP) is 4.76. The molecule has 2 heterocycles. The zero-order chi connectivity index (χ0) is 18.5. The molecule has 5 heteroatoms. The third-order valence-corrected chi connectivity index (χ3v) is 5.00. The van der Waals surface area contributed by atoms with Crippen molar-refractivity contribution in [2.75, 3.05) is 18.0 Å². The molecule has 5 nitrogen and oxygen atoms in total. The zero-order valence-electron chi connectivity index (χ0n) is 16.1. The maximum atomic E-state index is 4.75. The molecule has 0 spiro atoms. The topological polar surface area (TPSA) is 46.8 Å². The quantitative estimate of drug-likeness (QED) is 0.675. The van der Waals surface area contributed by atoms with E-state index in [4.69, 9.17) is 15.0 Å². The van der Waals surface area contributed by atoms with Crippen LogP contribution < -0.4 is 4.90 Å². The van der Waals surface area contributed by atoms with Gasteiger partial charge in [0, 0.05) is 19.1 Å². The van der Waals surface area contributed by atoms with E-state index in [1.54, 1.807) is 0 Å². The minimum Gasteiger partial charge on any atom is -0.351 e. The van der Waals surface area contributed by atoms with Gasteiger partial charge in [0.15, 0.2) is 17.0 Å². The number of rotatable bonds is 7. The number of anilines is 1. The average Bonchev–Trinajstić information content (AvgIpc) is 3.28. The summed E-state index contributed by atoms with van der Waals surface area (Å²) in [6.45, 7) is 11.6. The Morgan fingerprint density at radius 1 is 1.35 bits per heavy atom. The highest BCUT2D eigenvalue weighted by atomic mass is 15.2. The monoisotopic (exact) mass is 351 g/mol. The number of aryl methyl sites for hydroxylation is 1. The van der Waals surface area contributed by atoms with Gasteiger partial charge in [-0.15, -0.1) is 0 Å². The molecular weight excluding hydrogens is 322 g/mol. The Kier molecular flexibility index (Phi) is 5.86. The van der Waals surface area contributed by atoms with E-state index < -0.39 is 0 Å². The lowest BCUT2D eigenvalue weighted by Crippen LogP contribution is -2.26. The summed E-state index contributed by atoms with van der Waals surface area (Å²) in [5.74, 6) is 1.72. The number of aromatic nitrogens is 4. The lowest BCUT2D eigenvalue weighted by molar-refractivity contribution is 0.528. The summed E-state index contributed by atoms with van der Waals surface area (Å²) in [6.07, 6.45) is 15.0. The van der Waals surface area contributed by atoms with Crippen molar-refractivity contribution in [1.29, 1.82) is 0 Å². The highest BCUT2D eigenvalue weighted by molar-refractivity contribution is 5.84. The van der Waals surface area contributed by atoms with Gasteiger partial charge in [-0.2, -0.15) is 0 Å². The fraction of sp³-hybridized carbons (Fsp3) is 0.476. The van der Waals surface area contributed by atoms with Crippen LogP contribution in [0.3, 0.4) is 0 Å². The molecule has 3 rings (SSSR count). The Balaban J connectivity index is 2.02. The maximum Gasteiger partial charge on any atom is 0.166 e. The zero-order valence-corrected chi connectivity index (χ0v) is 16.1. The number of hydrogen-bond donors (Lipinski definition) is 0. The van der Waals surface area contributed by atoms with Crippen molar-refractivity contribution in [1.82, 2.24) is 19.5 Å². The smallest absolute Gasteiger partial charge is 0.166 e. The first kappa shape index (κ1) is 18.4. The second-order valence-electron chi connectivity index (χ2n) is 6.85. The van der Waals surface area contributed by atoms with Gasteiger partial charge in [-0.3, -0.25) is 0 Å².